The highest BCUT2D eigenvalue weighted by atomic mass is 32.2. The van der Waals surface area contributed by atoms with Crippen LogP contribution in [0, 0.1) is 0 Å². The second kappa shape index (κ2) is 13.4. The number of aliphatic hydroxyl groups is 1. The van der Waals surface area contributed by atoms with Gasteiger partial charge in [-0.2, -0.15) is 13.2 Å². The number of hydrogen-bond acceptors (Lipinski definition) is 7. The number of amides is 1. The van der Waals surface area contributed by atoms with Crippen molar-refractivity contribution in [3.8, 4) is 5.75 Å². The standard InChI is InChI=1S/C29H33F3N4O3S/c1-20(2)39-26-11-4-3-10-25(26)36-15-13-35(14-16-36)19-22(37)18-34-27(38)24-9-6-12-33-28(24)40-23-8-5-7-21(17-23)29(30,31)32/h3-12,17,20,22,37H,13-16,18-19H2,1-2H3,(H,34,38). The van der Waals surface area contributed by atoms with Crippen LogP contribution < -0.4 is 15.0 Å². The van der Waals surface area contributed by atoms with E-state index in [9.17, 15) is 23.1 Å². The lowest BCUT2D eigenvalue weighted by atomic mass is 10.2. The van der Waals surface area contributed by atoms with E-state index in [-0.39, 0.29) is 23.2 Å². The summed E-state index contributed by atoms with van der Waals surface area (Å²) in [5.74, 6) is 0.405. The molecular formula is C29H33F3N4O3S. The first-order valence-electron chi connectivity index (χ1n) is 13.1. The van der Waals surface area contributed by atoms with E-state index in [2.05, 4.69) is 26.2 Å². The van der Waals surface area contributed by atoms with Crippen molar-refractivity contribution in [1.82, 2.24) is 15.2 Å². The van der Waals surface area contributed by atoms with Crippen LogP contribution in [-0.2, 0) is 6.18 Å². The number of pyridine rings is 1. The summed E-state index contributed by atoms with van der Waals surface area (Å²) >= 11 is 0.982. The van der Waals surface area contributed by atoms with Crippen molar-refractivity contribution in [3.05, 3.63) is 78.0 Å². The van der Waals surface area contributed by atoms with Crippen molar-refractivity contribution in [1.29, 1.82) is 0 Å². The van der Waals surface area contributed by atoms with Gasteiger partial charge in [0.1, 0.15) is 10.8 Å². The van der Waals surface area contributed by atoms with Crippen LogP contribution in [0.5, 0.6) is 5.75 Å². The fourth-order valence-corrected chi connectivity index (χ4v) is 5.34. The molecule has 1 amide bonds. The van der Waals surface area contributed by atoms with Crippen LogP contribution in [0.25, 0.3) is 0 Å². The fourth-order valence-electron chi connectivity index (χ4n) is 4.40. The number of β-amino-alcohol motifs (C(OH)–C–C–N with tert-alkyl or cyclic N) is 1. The molecule has 0 radical (unpaired) electrons. The predicted octanol–water partition coefficient (Wildman–Crippen LogP) is 4.95. The number of aromatic nitrogens is 1. The molecule has 2 heterocycles. The number of alkyl halides is 3. The fraction of sp³-hybridized carbons (Fsp3) is 0.379. The minimum absolute atomic E-state index is 0.0344. The van der Waals surface area contributed by atoms with Gasteiger partial charge >= 0.3 is 6.18 Å². The third kappa shape index (κ3) is 8.12. The van der Waals surface area contributed by atoms with Crippen LogP contribution in [0.2, 0.25) is 0 Å². The molecule has 214 valence electrons. The zero-order chi connectivity index (χ0) is 28.7. The molecule has 1 fully saturated rings. The number of hydrogen-bond donors (Lipinski definition) is 2. The van der Waals surface area contributed by atoms with E-state index < -0.39 is 23.8 Å². The first-order valence-corrected chi connectivity index (χ1v) is 13.9. The second-order valence-corrected chi connectivity index (χ2v) is 10.8. The smallest absolute Gasteiger partial charge is 0.416 e. The van der Waals surface area contributed by atoms with E-state index in [1.54, 1.807) is 12.1 Å². The van der Waals surface area contributed by atoms with Crippen molar-refractivity contribution in [2.24, 2.45) is 0 Å². The van der Waals surface area contributed by atoms with Crippen molar-refractivity contribution < 1.29 is 27.8 Å². The maximum Gasteiger partial charge on any atom is 0.416 e. The van der Waals surface area contributed by atoms with Crippen LogP contribution in [0.3, 0.4) is 0 Å². The monoisotopic (exact) mass is 574 g/mol. The predicted molar refractivity (Wildman–Crippen MR) is 149 cm³/mol. The number of aliphatic hydroxyl groups excluding tert-OH is 1. The lowest BCUT2D eigenvalue weighted by Crippen LogP contribution is -2.50. The van der Waals surface area contributed by atoms with Gasteiger partial charge in [0.15, 0.2) is 0 Å². The Balaban J connectivity index is 1.28. The third-order valence-corrected chi connectivity index (χ3v) is 7.31. The van der Waals surface area contributed by atoms with Crippen LogP contribution >= 0.6 is 11.8 Å². The number of carbonyl (C=O) groups excluding carboxylic acids is 1. The lowest BCUT2D eigenvalue weighted by molar-refractivity contribution is -0.137. The minimum atomic E-state index is -4.46. The zero-order valence-electron chi connectivity index (χ0n) is 22.4. The number of rotatable bonds is 10. The van der Waals surface area contributed by atoms with Gasteiger partial charge in [-0.25, -0.2) is 4.98 Å². The summed E-state index contributed by atoms with van der Waals surface area (Å²) in [5, 5.41) is 13.6. The normalized spacial score (nSPS) is 15.2. The highest BCUT2D eigenvalue weighted by Crippen LogP contribution is 2.35. The SMILES string of the molecule is CC(C)Oc1ccccc1N1CCN(CC(O)CNC(=O)c2cccnc2Sc2cccc(C(F)(F)F)c2)CC1. The maximum atomic E-state index is 13.1. The average Bonchev–Trinajstić information content (AvgIpc) is 2.92. The molecule has 1 atom stereocenters. The molecule has 1 unspecified atom stereocenters. The van der Waals surface area contributed by atoms with Crippen molar-refractivity contribution in [2.75, 3.05) is 44.2 Å². The molecule has 7 nitrogen and oxygen atoms in total. The number of para-hydroxylation sites is 2. The van der Waals surface area contributed by atoms with Gasteiger partial charge in [-0.05, 0) is 56.3 Å². The van der Waals surface area contributed by atoms with E-state index >= 15 is 0 Å². The number of halogens is 3. The summed E-state index contributed by atoms with van der Waals surface area (Å²) < 4.78 is 45.2. The molecule has 4 rings (SSSR count). The van der Waals surface area contributed by atoms with Gasteiger partial charge < -0.3 is 20.1 Å². The Morgan fingerprint density at radius 3 is 2.55 bits per heavy atom. The highest BCUT2D eigenvalue weighted by molar-refractivity contribution is 7.99. The number of nitrogens with one attached hydrogen (secondary N) is 1. The van der Waals surface area contributed by atoms with Crippen LogP contribution in [0.1, 0.15) is 29.8 Å². The lowest BCUT2D eigenvalue weighted by Gasteiger charge is -2.37. The quantitative estimate of drug-likeness (QED) is 0.355. The largest absolute Gasteiger partial charge is 0.489 e. The minimum Gasteiger partial charge on any atom is -0.489 e. The molecule has 2 N–H and O–H groups in total. The Bertz CT molecular complexity index is 1280. The van der Waals surface area contributed by atoms with Crippen molar-refractivity contribution >= 4 is 23.4 Å². The summed E-state index contributed by atoms with van der Waals surface area (Å²) in [7, 11) is 0. The van der Waals surface area contributed by atoms with Gasteiger partial charge in [-0.1, -0.05) is 30.0 Å². The Labute approximate surface area is 236 Å². The van der Waals surface area contributed by atoms with Gasteiger partial charge in [-0.3, -0.25) is 9.69 Å². The molecular weight excluding hydrogens is 541 g/mol. The zero-order valence-corrected chi connectivity index (χ0v) is 23.2. The van der Waals surface area contributed by atoms with Crippen molar-refractivity contribution in [2.45, 2.75) is 42.2 Å². The van der Waals surface area contributed by atoms with E-state index in [0.717, 1.165) is 61.5 Å². The van der Waals surface area contributed by atoms with Crippen LogP contribution in [0.15, 0.2) is 76.8 Å². The highest BCUT2D eigenvalue weighted by Gasteiger charge is 2.30. The van der Waals surface area contributed by atoms with Crippen LogP contribution in [0.4, 0.5) is 18.9 Å². The summed E-state index contributed by atoms with van der Waals surface area (Å²) in [5.41, 5.74) is 0.517. The topological polar surface area (TPSA) is 77.9 Å². The Hall–Kier alpha value is -3.28. The summed E-state index contributed by atoms with van der Waals surface area (Å²) in [6, 6.07) is 16.0. The number of nitrogens with zero attached hydrogens (tertiary/aromatic N) is 3. The molecule has 40 heavy (non-hydrogen) atoms. The molecule has 1 saturated heterocycles. The Morgan fingerprint density at radius 2 is 1.82 bits per heavy atom. The number of anilines is 1. The third-order valence-electron chi connectivity index (χ3n) is 6.30. The first kappa shape index (κ1) is 29.7. The Kier molecular flexibility index (Phi) is 9.94. The maximum absolute atomic E-state index is 13.1. The molecule has 1 aliphatic rings. The van der Waals surface area contributed by atoms with Gasteiger partial charge in [0, 0.05) is 50.4 Å². The second-order valence-electron chi connectivity index (χ2n) is 9.77. The molecule has 11 heteroatoms. The first-order chi connectivity index (χ1) is 19.1. The molecule has 3 aromatic rings. The Morgan fingerprint density at radius 1 is 1.07 bits per heavy atom. The number of piperazine rings is 1. The van der Waals surface area contributed by atoms with Gasteiger partial charge in [-0.15, -0.1) is 0 Å². The van der Waals surface area contributed by atoms with Gasteiger partial charge in [0.2, 0.25) is 0 Å². The van der Waals surface area contributed by atoms with Gasteiger partial charge in [0.05, 0.1) is 29.0 Å². The molecule has 0 aliphatic carbocycles. The molecule has 0 bridgehead atoms. The average molecular weight is 575 g/mol. The number of ether oxygens (including phenoxy) is 1. The molecule has 2 aromatic carbocycles. The number of benzene rings is 2. The molecule has 0 saturated carbocycles. The summed E-state index contributed by atoms with van der Waals surface area (Å²) in [6.45, 7) is 7.50. The van der Waals surface area contributed by atoms with Crippen LogP contribution in [-0.4, -0.2) is 72.4 Å². The molecule has 1 aromatic heterocycles. The summed E-state index contributed by atoms with van der Waals surface area (Å²) in [6.07, 6.45) is -3.69. The van der Waals surface area contributed by atoms with E-state index in [1.165, 1.54) is 18.3 Å². The van der Waals surface area contributed by atoms with E-state index in [4.69, 9.17) is 4.74 Å². The van der Waals surface area contributed by atoms with Crippen molar-refractivity contribution in [3.63, 3.8) is 0 Å². The molecule has 0 spiro atoms. The number of carbonyl (C=O) groups is 1. The molecule has 1 aliphatic heterocycles. The van der Waals surface area contributed by atoms with Gasteiger partial charge in [0.25, 0.3) is 5.91 Å². The van der Waals surface area contributed by atoms with E-state index in [1.807, 2.05) is 32.0 Å². The van der Waals surface area contributed by atoms with E-state index in [0.29, 0.717) is 11.4 Å². The summed E-state index contributed by atoms with van der Waals surface area (Å²) in [4.78, 5) is 21.8.